The summed E-state index contributed by atoms with van der Waals surface area (Å²) in [7, 11) is 1.59. The lowest BCUT2D eigenvalue weighted by Crippen LogP contribution is -2.36. The molecule has 22 heavy (non-hydrogen) atoms. The van der Waals surface area contributed by atoms with Crippen LogP contribution in [0, 0.1) is 0 Å². The first-order valence-corrected chi connectivity index (χ1v) is 7.82. The van der Waals surface area contributed by atoms with E-state index in [1.165, 1.54) is 0 Å². The monoisotopic (exact) mass is 307 g/mol. The van der Waals surface area contributed by atoms with Crippen molar-refractivity contribution in [3.05, 3.63) is 23.8 Å². The van der Waals surface area contributed by atoms with Crippen LogP contribution in [0.5, 0.6) is 11.5 Å². The molecule has 1 aliphatic heterocycles. The lowest BCUT2D eigenvalue weighted by Gasteiger charge is -2.26. The molecule has 0 radical (unpaired) electrons. The Labute approximate surface area is 132 Å². The van der Waals surface area contributed by atoms with Crippen molar-refractivity contribution in [3.8, 4) is 11.5 Å². The number of hydrogen-bond donors (Lipinski definition) is 0. The number of hydrogen-bond acceptors (Lipinski definition) is 5. The van der Waals surface area contributed by atoms with Crippen LogP contribution in [0.1, 0.15) is 30.1 Å². The van der Waals surface area contributed by atoms with Crippen LogP contribution < -0.4 is 9.47 Å². The van der Waals surface area contributed by atoms with Crippen LogP contribution in [0.15, 0.2) is 18.2 Å². The maximum absolute atomic E-state index is 11.4. The van der Waals surface area contributed by atoms with E-state index in [9.17, 15) is 4.79 Å². The lowest BCUT2D eigenvalue weighted by molar-refractivity contribution is 0.0368. The number of nitrogens with zero attached hydrogens (tertiary/aromatic N) is 1. The average Bonchev–Trinajstić information content (AvgIpc) is 2.55. The van der Waals surface area contributed by atoms with E-state index in [2.05, 4.69) is 4.90 Å². The Kier molecular flexibility index (Phi) is 6.68. The van der Waals surface area contributed by atoms with Crippen LogP contribution in [-0.2, 0) is 4.74 Å². The van der Waals surface area contributed by atoms with Crippen molar-refractivity contribution in [1.82, 2.24) is 4.90 Å². The first-order chi connectivity index (χ1) is 10.7. The number of benzene rings is 1. The van der Waals surface area contributed by atoms with E-state index in [0.29, 0.717) is 23.7 Å². The summed E-state index contributed by atoms with van der Waals surface area (Å²) in [6.45, 7) is 7.03. The summed E-state index contributed by atoms with van der Waals surface area (Å²) in [6.07, 6.45) is 2.10. The van der Waals surface area contributed by atoms with Gasteiger partial charge in [-0.2, -0.15) is 0 Å². The molecular weight excluding hydrogens is 282 g/mol. The predicted octanol–water partition coefficient (Wildman–Crippen LogP) is 2.39. The standard InChI is InChI=1S/C17H25NO4/c1-14(19)15-5-6-16(17(13-15)20-2)22-10-4-3-7-18-8-11-21-12-9-18/h5-6,13H,3-4,7-12H2,1-2H3. The van der Waals surface area contributed by atoms with Gasteiger partial charge in [-0.05, 0) is 44.5 Å². The smallest absolute Gasteiger partial charge is 0.161 e. The van der Waals surface area contributed by atoms with E-state index < -0.39 is 0 Å². The quantitative estimate of drug-likeness (QED) is 0.545. The molecule has 0 amide bonds. The Bertz CT molecular complexity index is 484. The maximum atomic E-state index is 11.4. The fourth-order valence-electron chi connectivity index (χ4n) is 2.45. The number of methoxy groups -OCH3 is 1. The van der Waals surface area contributed by atoms with Crippen molar-refractivity contribution < 1.29 is 19.0 Å². The molecule has 1 aromatic carbocycles. The second-order valence-electron chi connectivity index (χ2n) is 5.43. The third-order valence-corrected chi connectivity index (χ3v) is 3.80. The zero-order chi connectivity index (χ0) is 15.8. The molecule has 0 atom stereocenters. The number of Topliss-reactive ketones (excluding diaryl/α,β-unsaturated/α-hetero) is 1. The highest BCUT2D eigenvalue weighted by Gasteiger charge is 2.10. The molecule has 1 heterocycles. The first-order valence-electron chi connectivity index (χ1n) is 7.82. The minimum Gasteiger partial charge on any atom is -0.493 e. The molecule has 0 spiro atoms. The summed E-state index contributed by atoms with van der Waals surface area (Å²) in [6, 6.07) is 5.30. The first kappa shape index (κ1) is 16.8. The van der Waals surface area contributed by atoms with E-state index in [4.69, 9.17) is 14.2 Å². The van der Waals surface area contributed by atoms with Crippen molar-refractivity contribution in [2.45, 2.75) is 19.8 Å². The van der Waals surface area contributed by atoms with Crippen molar-refractivity contribution in [1.29, 1.82) is 0 Å². The number of rotatable bonds is 8. The van der Waals surface area contributed by atoms with Gasteiger partial charge in [-0.25, -0.2) is 0 Å². The largest absolute Gasteiger partial charge is 0.493 e. The van der Waals surface area contributed by atoms with Crippen LogP contribution in [0.4, 0.5) is 0 Å². The van der Waals surface area contributed by atoms with E-state index in [0.717, 1.165) is 45.7 Å². The van der Waals surface area contributed by atoms with Crippen LogP contribution in [0.25, 0.3) is 0 Å². The summed E-state index contributed by atoms with van der Waals surface area (Å²) < 4.78 is 16.4. The van der Waals surface area contributed by atoms with Crippen molar-refractivity contribution in [3.63, 3.8) is 0 Å². The number of ketones is 1. The summed E-state index contributed by atoms with van der Waals surface area (Å²) in [4.78, 5) is 13.8. The topological polar surface area (TPSA) is 48.0 Å². The van der Waals surface area contributed by atoms with Gasteiger partial charge in [-0.3, -0.25) is 9.69 Å². The second kappa shape index (κ2) is 8.76. The van der Waals surface area contributed by atoms with Gasteiger partial charge in [0.2, 0.25) is 0 Å². The van der Waals surface area contributed by atoms with Gasteiger partial charge in [0.15, 0.2) is 17.3 Å². The van der Waals surface area contributed by atoms with Crippen LogP contribution in [0.3, 0.4) is 0 Å². The third-order valence-electron chi connectivity index (χ3n) is 3.80. The zero-order valence-electron chi connectivity index (χ0n) is 13.5. The lowest BCUT2D eigenvalue weighted by atomic mass is 10.1. The van der Waals surface area contributed by atoms with Gasteiger partial charge >= 0.3 is 0 Å². The van der Waals surface area contributed by atoms with Gasteiger partial charge in [0.05, 0.1) is 26.9 Å². The molecular formula is C17H25NO4. The highest BCUT2D eigenvalue weighted by Crippen LogP contribution is 2.28. The fourth-order valence-corrected chi connectivity index (χ4v) is 2.45. The predicted molar refractivity (Wildman–Crippen MR) is 85.0 cm³/mol. The summed E-state index contributed by atoms with van der Waals surface area (Å²) >= 11 is 0. The molecule has 0 N–H and O–H groups in total. The summed E-state index contributed by atoms with van der Waals surface area (Å²) in [5.74, 6) is 1.33. The number of carbonyl (C=O) groups is 1. The highest BCUT2D eigenvalue weighted by atomic mass is 16.5. The molecule has 0 bridgehead atoms. The van der Waals surface area contributed by atoms with Gasteiger partial charge in [0, 0.05) is 18.7 Å². The SMILES string of the molecule is COc1cc(C(C)=O)ccc1OCCCCN1CCOCC1. The van der Waals surface area contributed by atoms with E-state index in [1.807, 2.05) is 0 Å². The maximum Gasteiger partial charge on any atom is 0.161 e. The third kappa shape index (κ3) is 5.00. The molecule has 1 fully saturated rings. The fraction of sp³-hybridized carbons (Fsp3) is 0.588. The Balaban J connectivity index is 1.73. The van der Waals surface area contributed by atoms with Crippen LogP contribution in [-0.4, -0.2) is 57.2 Å². The number of ether oxygens (including phenoxy) is 3. The molecule has 0 saturated carbocycles. The minimum absolute atomic E-state index is 0.0235. The molecule has 0 aliphatic carbocycles. The number of morpholine rings is 1. The van der Waals surface area contributed by atoms with Gasteiger partial charge in [-0.1, -0.05) is 0 Å². The molecule has 122 valence electrons. The summed E-state index contributed by atoms with van der Waals surface area (Å²) in [5.41, 5.74) is 0.636. The average molecular weight is 307 g/mol. The van der Waals surface area contributed by atoms with E-state index in [-0.39, 0.29) is 5.78 Å². The minimum atomic E-state index is 0.0235. The molecule has 5 heteroatoms. The molecule has 0 aromatic heterocycles. The normalized spacial score (nSPS) is 15.5. The van der Waals surface area contributed by atoms with Crippen molar-refractivity contribution >= 4 is 5.78 Å². The number of carbonyl (C=O) groups excluding carboxylic acids is 1. The second-order valence-corrected chi connectivity index (χ2v) is 5.43. The van der Waals surface area contributed by atoms with Crippen LogP contribution in [0.2, 0.25) is 0 Å². The van der Waals surface area contributed by atoms with Gasteiger partial charge < -0.3 is 14.2 Å². The number of unbranched alkanes of at least 4 members (excludes halogenated alkanes) is 1. The van der Waals surface area contributed by atoms with Crippen molar-refractivity contribution in [2.24, 2.45) is 0 Å². The molecule has 1 aliphatic rings. The molecule has 1 aromatic rings. The van der Waals surface area contributed by atoms with Gasteiger partial charge in [0.1, 0.15) is 0 Å². The highest BCUT2D eigenvalue weighted by molar-refractivity contribution is 5.94. The summed E-state index contributed by atoms with van der Waals surface area (Å²) in [5, 5.41) is 0. The Morgan fingerprint density at radius 3 is 2.68 bits per heavy atom. The van der Waals surface area contributed by atoms with Gasteiger partial charge in [0.25, 0.3) is 0 Å². The molecule has 2 rings (SSSR count). The molecule has 0 unspecified atom stereocenters. The van der Waals surface area contributed by atoms with Crippen molar-refractivity contribution in [2.75, 3.05) is 46.6 Å². The Morgan fingerprint density at radius 2 is 2.00 bits per heavy atom. The van der Waals surface area contributed by atoms with Crippen LogP contribution >= 0.6 is 0 Å². The molecule has 1 saturated heterocycles. The zero-order valence-corrected chi connectivity index (χ0v) is 13.5. The van der Waals surface area contributed by atoms with E-state index in [1.54, 1.807) is 32.2 Å². The Morgan fingerprint density at radius 1 is 1.23 bits per heavy atom. The Hall–Kier alpha value is -1.59. The van der Waals surface area contributed by atoms with E-state index >= 15 is 0 Å². The van der Waals surface area contributed by atoms with Gasteiger partial charge in [-0.15, -0.1) is 0 Å². The molecule has 5 nitrogen and oxygen atoms in total.